The second kappa shape index (κ2) is 7.97. The van der Waals surface area contributed by atoms with Crippen LogP contribution in [-0.4, -0.2) is 33.9 Å². The first-order valence-electron chi connectivity index (χ1n) is 12.5. The van der Waals surface area contributed by atoms with Crippen LogP contribution in [0.1, 0.15) is 85.5 Å². The van der Waals surface area contributed by atoms with Crippen LogP contribution in [0.15, 0.2) is 0 Å². The van der Waals surface area contributed by atoms with Crippen molar-refractivity contribution < 1.29 is 24.6 Å². The van der Waals surface area contributed by atoms with Crippen molar-refractivity contribution in [2.24, 2.45) is 52.3 Å². The monoisotopic (exact) mass is 432 g/mol. The number of fused-ring (bicyclic) bond motifs is 5. The second-order valence-electron chi connectivity index (χ2n) is 11.8. The van der Waals surface area contributed by atoms with Crippen molar-refractivity contribution in [3.63, 3.8) is 0 Å². The summed E-state index contributed by atoms with van der Waals surface area (Å²) in [5, 5.41) is 19.5. The summed E-state index contributed by atoms with van der Waals surface area (Å²) in [6, 6.07) is 0. The summed E-state index contributed by atoms with van der Waals surface area (Å²) in [4.78, 5) is 38.8. The molecule has 0 aliphatic heterocycles. The Balaban J connectivity index is 1.68. The Morgan fingerprint density at radius 2 is 1.84 bits per heavy atom. The van der Waals surface area contributed by atoms with Crippen LogP contribution in [0.2, 0.25) is 0 Å². The first-order valence-corrected chi connectivity index (χ1v) is 12.5. The van der Waals surface area contributed by atoms with Gasteiger partial charge in [0.05, 0.1) is 6.10 Å². The molecule has 0 heterocycles. The summed E-state index contributed by atoms with van der Waals surface area (Å²) >= 11 is 0. The number of aliphatic hydroxyl groups excluding tert-OH is 1. The molecule has 0 bridgehead atoms. The van der Waals surface area contributed by atoms with Crippen LogP contribution < -0.4 is 0 Å². The first-order chi connectivity index (χ1) is 14.5. The molecular weight excluding hydrogens is 392 g/mol. The van der Waals surface area contributed by atoms with Gasteiger partial charge in [-0.2, -0.15) is 0 Å². The van der Waals surface area contributed by atoms with Crippen LogP contribution in [0.25, 0.3) is 0 Å². The summed E-state index contributed by atoms with van der Waals surface area (Å²) in [6.45, 7) is 8.67. The van der Waals surface area contributed by atoms with Crippen molar-refractivity contribution in [1.82, 2.24) is 0 Å². The number of hydrogen-bond acceptors (Lipinski definition) is 4. The van der Waals surface area contributed by atoms with Gasteiger partial charge in [0.15, 0.2) is 0 Å². The van der Waals surface area contributed by atoms with E-state index in [-0.39, 0.29) is 70.4 Å². The fourth-order valence-electron chi connectivity index (χ4n) is 8.98. The third-order valence-corrected chi connectivity index (χ3v) is 10.4. The second-order valence-corrected chi connectivity index (χ2v) is 11.8. The van der Waals surface area contributed by atoms with E-state index in [9.17, 15) is 19.5 Å². The van der Waals surface area contributed by atoms with E-state index in [1.165, 1.54) is 0 Å². The normalized spacial score (nSPS) is 48.0. The number of carboxylic acid groups (broad SMARTS) is 1. The third-order valence-electron chi connectivity index (χ3n) is 10.4. The minimum Gasteiger partial charge on any atom is -0.481 e. The number of aliphatic carboxylic acids is 1. The van der Waals surface area contributed by atoms with Gasteiger partial charge in [-0.3, -0.25) is 14.4 Å². The molecule has 0 aromatic carbocycles. The first kappa shape index (κ1) is 22.9. The Kier molecular flexibility index (Phi) is 5.90. The average Bonchev–Trinajstić information content (AvgIpc) is 3.04. The number of Topliss-reactive ketones (excluding diaryl/α,β-unsaturated/α-hetero) is 2. The summed E-state index contributed by atoms with van der Waals surface area (Å²) in [7, 11) is 0. The maximum atomic E-state index is 13.9. The van der Waals surface area contributed by atoms with E-state index < -0.39 is 5.97 Å². The maximum absolute atomic E-state index is 13.9. The van der Waals surface area contributed by atoms with Gasteiger partial charge in [-0.25, -0.2) is 0 Å². The van der Waals surface area contributed by atoms with E-state index in [0.717, 1.165) is 32.1 Å². The molecule has 0 aromatic heterocycles. The molecule has 4 aliphatic carbocycles. The lowest BCUT2D eigenvalue weighted by Gasteiger charge is -2.61. The molecule has 4 saturated carbocycles. The predicted octanol–water partition coefficient (Wildman–Crippen LogP) is 4.50. The van der Waals surface area contributed by atoms with Crippen molar-refractivity contribution in [3.05, 3.63) is 0 Å². The third kappa shape index (κ3) is 3.41. The Bertz CT molecular complexity index is 761. The molecule has 0 radical (unpaired) electrons. The Morgan fingerprint density at radius 3 is 2.48 bits per heavy atom. The van der Waals surface area contributed by atoms with E-state index in [0.29, 0.717) is 25.2 Å². The van der Waals surface area contributed by atoms with Gasteiger partial charge in [-0.15, -0.1) is 0 Å². The van der Waals surface area contributed by atoms with Crippen molar-refractivity contribution >= 4 is 17.5 Å². The van der Waals surface area contributed by atoms with Gasteiger partial charge < -0.3 is 10.2 Å². The van der Waals surface area contributed by atoms with Crippen molar-refractivity contribution in [2.45, 2.75) is 91.6 Å². The number of rotatable bonds is 5. The molecule has 0 amide bonds. The molecule has 2 N–H and O–H groups in total. The molecule has 5 nitrogen and oxygen atoms in total. The quantitative estimate of drug-likeness (QED) is 0.667. The van der Waals surface area contributed by atoms with Crippen LogP contribution in [0.5, 0.6) is 0 Å². The summed E-state index contributed by atoms with van der Waals surface area (Å²) in [6.07, 6.45) is 5.91. The molecule has 0 aromatic rings. The minimum absolute atomic E-state index is 0.0557. The number of carbonyl (C=O) groups excluding carboxylic acids is 2. The molecule has 7 unspecified atom stereocenters. The maximum Gasteiger partial charge on any atom is 0.303 e. The Hall–Kier alpha value is -1.23. The van der Waals surface area contributed by atoms with Gasteiger partial charge >= 0.3 is 5.97 Å². The highest BCUT2D eigenvalue weighted by molar-refractivity contribution is 5.95. The van der Waals surface area contributed by atoms with Gasteiger partial charge in [-0.1, -0.05) is 27.7 Å². The van der Waals surface area contributed by atoms with Crippen LogP contribution in [-0.2, 0) is 14.4 Å². The van der Waals surface area contributed by atoms with E-state index in [1.54, 1.807) is 0 Å². The van der Waals surface area contributed by atoms with E-state index in [1.807, 2.05) is 0 Å². The van der Waals surface area contributed by atoms with E-state index >= 15 is 0 Å². The van der Waals surface area contributed by atoms with Crippen molar-refractivity contribution in [1.29, 1.82) is 0 Å². The van der Waals surface area contributed by atoms with Gasteiger partial charge in [0, 0.05) is 30.6 Å². The highest BCUT2D eigenvalue weighted by Gasteiger charge is 2.67. The average molecular weight is 433 g/mol. The number of aliphatic hydroxyl groups is 1. The Labute approximate surface area is 186 Å². The fraction of sp³-hybridized carbons (Fsp3) is 0.885. The lowest BCUT2D eigenvalue weighted by atomic mass is 9.41. The number of hydrogen-bond donors (Lipinski definition) is 2. The van der Waals surface area contributed by atoms with Crippen LogP contribution in [0.3, 0.4) is 0 Å². The van der Waals surface area contributed by atoms with Gasteiger partial charge in [-0.05, 0) is 79.4 Å². The highest BCUT2D eigenvalue weighted by Crippen LogP contribution is 2.67. The highest BCUT2D eigenvalue weighted by atomic mass is 16.4. The van der Waals surface area contributed by atoms with E-state index in [2.05, 4.69) is 27.7 Å². The molecule has 4 aliphatic rings. The standard InChI is InChI=1S/C26H40O5/c1-5-16-19-12-15(27)10-11-25(19,3)23-20(28)13-26(4)17(14(2)6-9-21(29)30)7-8-18(26)22(23)24(16)31/h14-19,22-23,27H,5-13H2,1-4H3,(H,29,30)/t14-,15-,16-,17?,18?,19?,22?,23?,25?,26?/m1/s1. The molecular formula is C26H40O5. The molecule has 4 fully saturated rings. The number of carbonyl (C=O) groups is 3. The fourth-order valence-corrected chi connectivity index (χ4v) is 8.98. The van der Waals surface area contributed by atoms with Gasteiger partial charge in [0.2, 0.25) is 0 Å². The lowest BCUT2D eigenvalue weighted by Crippen LogP contribution is -2.63. The molecule has 174 valence electrons. The molecule has 0 saturated heterocycles. The van der Waals surface area contributed by atoms with Crippen molar-refractivity contribution in [3.8, 4) is 0 Å². The lowest BCUT2D eigenvalue weighted by molar-refractivity contribution is -0.179. The largest absolute Gasteiger partial charge is 0.481 e. The zero-order valence-corrected chi connectivity index (χ0v) is 19.6. The van der Waals surface area contributed by atoms with Crippen LogP contribution >= 0.6 is 0 Å². The number of carboxylic acids is 1. The zero-order valence-electron chi connectivity index (χ0n) is 19.6. The summed E-state index contributed by atoms with van der Waals surface area (Å²) in [5.74, 6) is 0.194. The predicted molar refractivity (Wildman–Crippen MR) is 117 cm³/mol. The van der Waals surface area contributed by atoms with Gasteiger partial charge in [0.25, 0.3) is 0 Å². The Morgan fingerprint density at radius 1 is 1.13 bits per heavy atom. The van der Waals surface area contributed by atoms with Crippen molar-refractivity contribution in [2.75, 3.05) is 0 Å². The zero-order chi connectivity index (χ0) is 22.7. The molecule has 0 spiro atoms. The molecule has 5 heteroatoms. The summed E-state index contributed by atoms with van der Waals surface area (Å²) < 4.78 is 0. The topological polar surface area (TPSA) is 91.7 Å². The SMILES string of the molecule is CC[C@H]1C(=O)C2C3CCC([C@H](C)CCC(=O)O)C3(C)CC(=O)C2C2(C)CC[C@@H](O)CC12. The summed E-state index contributed by atoms with van der Waals surface area (Å²) in [5.41, 5.74) is -0.397. The van der Waals surface area contributed by atoms with Crippen LogP contribution in [0, 0.1) is 52.3 Å². The number of ketones is 2. The van der Waals surface area contributed by atoms with Gasteiger partial charge in [0.1, 0.15) is 11.6 Å². The smallest absolute Gasteiger partial charge is 0.303 e. The molecule has 31 heavy (non-hydrogen) atoms. The minimum atomic E-state index is -0.766. The molecule has 4 rings (SSSR count). The van der Waals surface area contributed by atoms with Crippen LogP contribution in [0.4, 0.5) is 0 Å². The van der Waals surface area contributed by atoms with E-state index in [4.69, 9.17) is 5.11 Å². The molecule has 10 atom stereocenters.